The molecule has 5 N–H and O–H groups in total. The van der Waals surface area contributed by atoms with Crippen molar-refractivity contribution < 1.29 is 18.0 Å². The SMILES string of the molecule is NS(=O)(=O)c1cc(NC(=O)NCC(=O)Nc2cccc3ccccc23)cs1. The largest absolute Gasteiger partial charge is 0.329 e. The summed E-state index contributed by atoms with van der Waals surface area (Å²) in [6, 6.07) is 13.8. The van der Waals surface area contributed by atoms with E-state index in [1.165, 1.54) is 11.4 Å². The fourth-order valence-corrected chi connectivity index (χ4v) is 3.93. The molecule has 0 radical (unpaired) electrons. The van der Waals surface area contributed by atoms with E-state index in [9.17, 15) is 18.0 Å². The Balaban J connectivity index is 1.56. The van der Waals surface area contributed by atoms with E-state index in [1.807, 2.05) is 36.4 Å². The lowest BCUT2D eigenvalue weighted by Crippen LogP contribution is -2.35. The normalized spacial score (nSPS) is 11.1. The number of anilines is 2. The Bertz CT molecular complexity index is 1100. The predicted octanol–water partition coefficient (Wildman–Crippen LogP) is 2.31. The van der Waals surface area contributed by atoms with Crippen molar-refractivity contribution in [3.63, 3.8) is 0 Å². The lowest BCUT2D eigenvalue weighted by atomic mass is 10.1. The van der Waals surface area contributed by atoms with E-state index in [-0.39, 0.29) is 16.4 Å². The molecule has 2 aromatic carbocycles. The number of fused-ring (bicyclic) bond motifs is 1. The molecule has 27 heavy (non-hydrogen) atoms. The first-order chi connectivity index (χ1) is 12.8. The number of thiophene rings is 1. The van der Waals surface area contributed by atoms with Gasteiger partial charge < -0.3 is 16.0 Å². The van der Waals surface area contributed by atoms with Crippen LogP contribution in [0.4, 0.5) is 16.2 Å². The second-order valence-electron chi connectivity index (χ2n) is 5.58. The van der Waals surface area contributed by atoms with Gasteiger partial charge in [-0.15, -0.1) is 11.3 Å². The van der Waals surface area contributed by atoms with Gasteiger partial charge in [0.1, 0.15) is 4.21 Å². The Morgan fingerprint density at radius 1 is 1.04 bits per heavy atom. The molecule has 0 spiro atoms. The van der Waals surface area contributed by atoms with Crippen molar-refractivity contribution in [1.29, 1.82) is 0 Å². The van der Waals surface area contributed by atoms with Crippen LogP contribution < -0.4 is 21.1 Å². The highest BCUT2D eigenvalue weighted by Crippen LogP contribution is 2.23. The van der Waals surface area contributed by atoms with E-state index in [1.54, 1.807) is 6.07 Å². The van der Waals surface area contributed by atoms with Gasteiger partial charge in [-0.25, -0.2) is 18.4 Å². The highest BCUT2D eigenvalue weighted by atomic mass is 32.2. The second kappa shape index (κ2) is 7.74. The minimum absolute atomic E-state index is 0.0634. The number of carbonyl (C=O) groups is 2. The van der Waals surface area contributed by atoms with E-state index in [2.05, 4.69) is 16.0 Å². The zero-order valence-electron chi connectivity index (χ0n) is 13.9. The van der Waals surface area contributed by atoms with Gasteiger partial charge in [0, 0.05) is 16.5 Å². The van der Waals surface area contributed by atoms with Crippen molar-refractivity contribution in [2.45, 2.75) is 4.21 Å². The third-order valence-electron chi connectivity index (χ3n) is 3.59. The molecule has 0 fully saturated rings. The topological polar surface area (TPSA) is 130 Å². The number of rotatable bonds is 5. The number of primary sulfonamides is 1. The molecule has 0 saturated heterocycles. The van der Waals surface area contributed by atoms with Crippen molar-refractivity contribution in [2.75, 3.05) is 17.2 Å². The van der Waals surface area contributed by atoms with Gasteiger partial charge in [-0.2, -0.15) is 0 Å². The Morgan fingerprint density at radius 2 is 1.78 bits per heavy atom. The molecular formula is C17H16N4O4S2. The molecule has 0 aliphatic rings. The Hall–Kier alpha value is -2.95. The van der Waals surface area contributed by atoms with Gasteiger partial charge in [0.2, 0.25) is 15.9 Å². The van der Waals surface area contributed by atoms with Crippen LogP contribution in [0.3, 0.4) is 0 Å². The fraction of sp³-hybridized carbons (Fsp3) is 0.0588. The summed E-state index contributed by atoms with van der Waals surface area (Å²) in [5.41, 5.74) is 0.923. The summed E-state index contributed by atoms with van der Waals surface area (Å²) in [7, 11) is -3.81. The zero-order valence-corrected chi connectivity index (χ0v) is 15.6. The number of carbonyl (C=O) groups excluding carboxylic acids is 2. The number of benzene rings is 2. The van der Waals surface area contributed by atoms with Crippen molar-refractivity contribution in [3.05, 3.63) is 53.9 Å². The Kier molecular flexibility index (Phi) is 5.40. The zero-order chi connectivity index (χ0) is 19.4. The highest BCUT2D eigenvalue weighted by molar-refractivity contribution is 7.91. The summed E-state index contributed by atoms with van der Waals surface area (Å²) in [5, 5.41) is 15.9. The smallest absolute Gasteiger partial charge is 0.319 e. The summed E-state index contributed by atoms with van der Waals surface area (Å²) >= 11 is 0.891. The number of urea groups is 1. The first-order valence-corrected chi connectivity index (χ1v) is 10.2. The lowest BCUT2D eigenvalue weighted by molar-refractivity contribution is -0.115. The quantitative estimate of drug-likeness (QED) is 0.520. The third-order valence-corrected chi connectivity index (χ3v) is 5.97. The molecule has 0 saturated carbocycles. The monoisotopic (exact) mass is 404 g/mol. The Morgan fingerprint density at radius 3 is 2.52 bits per heavy atom. The van der Waals surface area contributed by atoms with Crippen LogP contribution in [0.1, 0.15) is 0 Å². The average Bonchev–Trinajstić information content (AvgIpc) is 3.09. The maximum Gasteiger partial charge on any atom is 0.319 e. The van der Waals surface area contributed by atoms with Crippen molar-refractivity contribution in [2.24, 2.45) is 5.14 Å². The number of nitrogens with one attached hydrogen (secondary N) is 3. The van der Waals surface area contributed by atoms with Crippen LogP contribution in [-0.4, -0.2) is 26.9 Å². The summed E-state index contributed by atoms with van der Waals surface area (Å²) in [6.07, 6.45) is 0. The molecule has 0 unspecified atom stereocenters. The molecule has 1 heterocycles. The first-order valence-electron chi connectivity index (χ1n) is 7.77. The minimum atomic E-state index is -3.81. The molecule has 10 heteroatoms. The summed E-state index contributed by atoms with van der Waals surface area (Å²) in [5.74, 6) is -0.392. The van der Waals surface area contributed by atoms with Gasteiger partial charge in [0.05, 0.1) is 12.2 Å². The molecule has 3 aromatic rings. The average molecular weight is 404 g/mol. The van der Waals surface area contributed by atoms with Crippen LogP contribution in [0.2, 0.25) is 0 Å². The summed E-state index contributed by atoms with van der Waals surface area (Å²) in [6.45, 7) is -0.249. The molecule has 140 valence electrons. The molecule has 0 aliphatic carbocycles. The number of nitrogens with two attached hydrogens (primary N) is 1. The van der Waals surface area contributed by atoms with Gasteiger partial charge in [0.15, 0.2) is 0 Å². The van der Waals surface area contributed by atoms with Gasteiger partial charge in [-0.05, 0) is 17.5 Å². The van der Waals surface area contributed by atoms with Crippen LogP contribution in [0.15, 0.2) is 58.1 Å². The minimum Gasteiger partial charge on any atom is -0.329 e. The van der Waals surface area contributed by atoms with Crippen molar-refractivity contribution in [3.8, 4) is 0 Å². The van der Waals surface area contributed by atoms with E-state index in [0.29, 0.717) is 5.69 Å². The Labute approximate surface area is 159 Å². The number of sulfonamides is 1. The van der Waals surface area contributed by atoms with Crippen LogP contribution in [0.25, 0.3) is 10.8 Å². The molecule has 0 atom stereocenters. The number of amides is 3. The first kappa shape index (κ1) is 18.8. The van der Waals surface area contributed by atoms with E-state index < -0.39 is 22.0 Å². The van der Waals surface area contributed by atoms with E-state index in [4.69, 9.17) is 5.14 Å². The standard InChI is InChI=1S/C17H16N4O4S2/c18-27(24,25)16-8-12(10-26-16)20-17(23)19-9-15(22)21-14-7-3-5-11-4-1-2-6-13(11)14/h1-8,10H,9H2,(H,21,22)(H2,18,24,25)(H2,19,20,23). The summed E-state index contributed by atoms with van der Waals surface area (Å²) < 4.78 is 22.4. The molecule has 3 rings (SSSR count). The number of hydrogen-bond acceptors (Lipinski definition) is 5. The molecule has 8 nitrogen and oxygen atoms in total. The van der Waals surface area contributed by atoms with Crippen LogP contribution in [0.5, 0.6) is 0 Å². The maximum absolute atomic E-state index is 12.1. The predicted molar refractivity (Wildman–Crippen MR) is 105 cm³/mol. The molecule has 0 bridgehead atoms. The van der Waals surface area contributed by atoms with E-state index in [0.717, 1.165) is 22.1 Å². The van der Waals surface area contributed by atoms with E-state index >= 15 is 0 Å². The van der Waals surface area contributed by atoms with Gasteiger partial charge in [0.25, 0.3) is 0 Å². The van der Waals surface area contributed by atoms with Gasteiger partial charge >= 0.3 is 6.03 Å². The molecular weight excluding hydrogens is 388 g/mol. The van der Waals surface area contributed by atoms with Crippen molar-refractivity contribution in [1.82, 2.24) is 5.32 Å². The fourth-order valence-electron chi connectivity index (χ4n) is 2.40. The number of hydrogen-bond donors (Lipinski definition) is 4. The van der Waals surface area contributed by atoms with Crippen molar-refractivity contribution >= 4 is 55.4 Å². The molecule has 3 amide bonds. The second-order valence-corrected chi connectivity index (χ2v) is 8.28. The van der Waals surface area contributed by atoms with Gasteiger partial charge in [-0.1, -0.05) is 36.4 Å². The lowest BCUT2D eigenvalue weighted by Gasteiger charge is -2.10. The van der Waals surface area contributed by atoms with Gasteiger partial charge in [-0.3, -0.25) is 4.79 Å². The van der Waals surface area contributed by atoms with Crippen LogP contribution in [-0.2, 0) is 14.8 Å². The third kappa shape index (κ3) is 4.82. The van der Waals surface area contributed by atoms with Crippen LogP contribution >= 0.6 is 11.3 Å². The highest BCUT2D eigenvalue weighted by Gasteiger charge is 2.13. The van der Waals surface area contributed by atoms with Crippen LogP contribution in [0, 0.1) is 0 Å². The maximum atomic E-state index is 12.1. The molecule has 1 aromatic heterocycles. The molecule has 0 aliphatic heterocycles. The summed E-state index contributed by atoms with van der Waals surface area (Å²) in [4.78, 5) is 24.0.